The number of ether oxygens (including phenoxy) is 3. The number of anilines is 2. The second kappa shape index (κ2) is 14.3. The van der Waals surface area contributed by atoms with E-state index in [0.717, 1.165) is 22.4 Å². The molecule has 0 saturated carbocycles. The Morgan fingerprint density at radius 2 is 1.62 bits per heavy atom. The lowest BCUT2D eigenvalue weighted by Gasteiger charge is -2.15. The molecule has 210 valence electrons. The van der Waals surface area contributed by atoms with Crippen LogP contribution < -0.4 is 30.3 Å². The molecule has 0 unspecified atom stereocenters. The Labute approximate surface area is 246 Å². The first-order chi connectivity index (χ1) is 19.1. The van der Waals surface area contributed by atoms with Crippen molar-refractivity contribution in [2.24, 2.45) is 5.10 Å². The first-order valence-electron chi connectivity index (χ1n) is 12.4. The minimum atomic E-state index is -0.950. The van der Waals surface area contributed by atoms with E-state index in [0.29, 0.717) is 38.7 Å². The van der Waals surface area contributed by atoms with E-state index in [2.05, 4.69) is 43.8 Å². The molecule has 11 heteroatoms. The molecule has 0 bridgehead atoms. The smallest absolute Gasteiger partial charge is 0.329 e. The van der Waals surface area contributed by atoms with E-state index in [1.54, 1.807) is 36.4 Å². The van der Waals surface area contributed by atoms with Crippen molar-refractivity contribution in [2.75, 3.05) is 31.0 Å². The number of hydrogen-bond acceptors (Lipinski definition) is 7. The number of carbonyl (C=O) groups excluding carboxylic acids is 3. The summed E-state index contributed by atoms with van der Waals surface area (Å²) >= 11 is 2.06. The first kappa shape index (κ1) is 30.4. The molecule has 3 rings (SSSR count). The van der Waals surface area contributed by atoms with Crippen LogP contribution in [0, 0.1) is 24.3 Å². The fourth-order valence-electron chi connectivity index (χ4n) is 3.89. The van der Waals surface area contributed by atoms with Gasteiger partial charge in [-0.05, 0) is 91.2 Å². The molecule has 0 fully saturated rings. The number of nitrogens with one attached hydrogen (secondary N) is 3. The zero-order valence-electron chi connectivity index (χ0n) is 22.9. The summed E-state index contributed by atoms with van der Waals surface area (Å²) in [6, 6.07) is 14.2. The minimum Gasteiger partial charge on any atom is -0.493 e. The molecule has 3 aromatic rings. The van der Waals surface area contributed by atoms with Gasteiger partial charge in [0.25, 0.3) is 5.91 Å². The van der Waals surface area contributed by atoms with Gasteiger partial charge in [0.2, 0.25) is 0 Å². The lowest BCUT2D eigenvalue weighted by Crippen LogP contribution is -2.32. The van der Waals surface area contributed by atoms with E-state index in [1.165, 1.54) is 13.3 Å². The van der Waals surface area contributed by atoms with Crippen LogP contribution in [0.5, 0.6) is 17.2 Å². The van der Waals surface area contributed by atoms with Gasteiger partial charge >= 0.3 is 11.8 Å². The van der Waals surface area contributed by atoms with Crippen LogP contribution in [-0.2, 0) is 14.4 Å². The minimum absolute atomic E-state index is 0.218. The van der Waals surface area contributed by atoms with Crippen molar-refractivity contribution < 1.29 is 28.6 Å². The van der Waals surface area contributed by atoms with Gasteiger partial charge in [-0.2, -0.15) is 5.10 Å². The van der Waals surface area contributed by atoms with Gasteiger partial charge in [-0.15, -0.1) is 0 Å². The summed E-state index contributed by atoms with van der Waals surface area (Å²) in [5.41, 5.74) is 6.99. The molecule has 0 aliphatic carbocycles. The molecule has 0 heterocycles. The third-order valence-corrected chi connectivity index (χ3v) is 6.36. The number of nitrogens with zero attached hydrogens (tertiary/aromatic N) is 1. The highest BCUT2D eigenvalue weighted by Gasteiger charge is 2.17. The molecule has 0 saturated heterocycles. The Hall–Kier alpha value is -4.13. The summed E-state index contributed by atoms with van der Waals surface area (Å²) in [6.07, 6.45) is 1.36. The van der Waals surface area contributed by atoms with Gasteiger partial charge in [0.15, 0.2) is 18.1 Å². The van der Waals surface area contributed by atoms with Gasteiger partial charge in [0.05, 0.1) is 29.2 Å². The van der Waals surface area contributed by atoms with Crippen molar-refractivity contribution in [1.29, 1.82) is 0 Å². The molecule has 3 amide bonds. The molecule has 3 N–H and O–H groups in total. The zero-order valence-corrected chi connectivity index (χ0v) is 25.0. The molecule has 0 aromatic heterocycles. The third-order valence-electron chi connectivity index (χ3n) is 5.56. The maximum Gasteiger partial charge on any atom is 0.329 e. The second-order valence-electron chi connectivity index (χ2n) is 8.73. The Balaban J connectivity index is 1.61. The van der Waals surface area contributed by atoms with E-state index in [-0.39, 0.29) is 12.5 Å². The fraction of sp³-hybridized carbons (Fsp3) is 0.241. The van der Waals surface area contributed by atoms with E-state index in [4.69, 9.17) is 14.2 Å². The molecule has 0 atom stereocenters. The van der Waals surface area contributed by atoms with Gasteiger partial charge in [-0.3, -0.25) is 14.4 Å². The maximum absolute atomic E-state index is 12.6. The largest absolute Gasteiger partial charge is 0.493 e. The summed E-state index contributed by atoms with van der Waals surface area (Å²) in [7, 11) is 1.48. The average molecular weight is 658 g/mol. The molecule has 0 aliphatic rings. The number of aryl methyl sites for hydroxylation is 3. The number of methoxy groups -OCH3 is 1. The standard InChI is InChI=1S/C29H31IN4O6/c1-6-39-23-10-8-7-9-22(23)32-28(36)29(37)34-31-15-20-13-21(30)27(24(14-20)38-5)40-16-25(35)33-26-18(3)11-17(2)12-19(26)4/h7-15H,6,16H2,1-5H3,(H,32,36)(H,33,35)(H,34,37)/b31-15-. The summed E-state index contributed by atoms with van der Waals surface area (Å²) < 4.78 is 17.3. The topological polar surface area (TPSA) is 127 Å². The normalized spacial score (nSPS) is 10.7. The highest BCUT2D eigenvalue weighted by Crippen LogP contribution is 2.33. The van der Waals surface area contributed by atoms with Gasteiger partial charge in [0.1, 0.15) is 5.75 Å². The van der Waals surface area contributed by atoms with Crippen molar-refractivity contribution in [3.63, 3.8) is 0 Å². The predicted octanol–water partition coefficient (Wildman–Crippen LogP) is 4.73. The lowest BCUT2D eigenvalue weighted by molar-refractivity contribution is -0.136. The van der Waals surface area contributed by atoms with Crippen LogP contribution in [0.4, 0.5) is 11.4 Å². The highest BCUT2D eigenvalue weighted by atomic mass is 127. The molecular formula is C29H31IN4O6. The number of benzene rings is 3. The Morgan fingerprint density at radius 1 is 0.925 bits per heavy atom. The molecule has 0 spiro atoms. The van der Waals surface area contributed by atoms with Gasteiger partial charge in [0, 0.05) is 5.69 Å². The zero-order chi connectivity index (χ0) is 29.2. The summed E-state index contributed by atoms with van der Waals surface area (Å²) in [5, 5.41) is 9.29. The van der Waals surface area contributed by atoms with Crippen LogP contribution in [0.3, 0.4) is 0 Å². The third kappa shape index (κ3) is 8.18. The van der Waals surface area contributed by atoms with E-state index >= 15 is 0 Å². The molecular weight excluding hydrogens is 627 g/mol. The number of hydrogen-bond donors (Lipinski definition) is 3. The predicted molar refractivity (Wildman–Crippen MR) is 162 cm³/mol. The number of hydrazone groups is 1. The van der Waals surface area contributed by atoms with Crippen molar-refractivity contribution in [3.8, 4) is 17.2 Å². The van der Waals surface area contributed by atoms with Crippen molar-refractivity contribution in [1.82, 2.24) is 5.43 Å². The molecule has 0 radical (unpaired) electrons. The van der Waals surface area contributed by atoms with Crippen molar-refractivity contribution in [3.05, 3.63) is 74.4 Å². The van der Waals surface area contributed by atoms with Gasteiger partial charge < -0.3 is 24.8 Å². The van der Waals surface area contributed by atoms with E-state index in [9.17, 15) is 14.4 Å². The van der Waals surface area contributed by atoms with Crippen LogP contribution in [0.25, 0.3) is 0 Å². The monoisotopic (exact) mass is 658 g/mol. The van der Waals surface area contributed by atoms with E-state index in [1.807, 2.05) is 39.8 Å². The highest BCUT2D eigenvalue weighted by molar-refractivity contribution is 14.1. The number of amides is 3. The Kier molecular flexibility index (Phi) is 10.9. The number of para-hydroxylation sites is 2. The molecule has 3 aromatic carbocycles. The summed E-state index contributed by atoms with van der Waals surface area (Å²) in [5.74, 6) is -0.923. The number of halogens is 1. The average Bonchev–Trinajstić information content (AvgIpc) is 2.91. The van der Waals surface area contributed by atoms with Crippen LogP contribution in [0.15, 0.2) is 53.6 Å². The maximum atomic E-state index is 12.6. The van der Waals surface area contributed by atoms with Crippen LogP contribution in [0.1, 0.15) is 29.2 Å². The van der Waals surface area contributed by atoms with Crippen molar-refractivity contribution >= 4 is 57.9 Å². The molecule has 10 nitrogen and oxygen atoms in total. The van der Waals surface area contributed by atoms with Crippen LogP contribution in [-0.4, -0.2) is 44.3 Å². The molecule has 40 heavy (non-hydrogen) atoms. The van der Waals surface area contributed by atoms with Crippen LogP contribution in [0.2, 0.25) is 0 Å². The first-order valence-corrected chi connectivity index (χ1v) is 13.4. The lowest BCUT2D eigenvalue weighted by atomic mass is 10.1. The second-order valence-corrected chi connectivity index (χ2v) is 9.89. The summed E-state index contributed by atoms with van der Waals surface area (Å²) in [4.78, 5) is 37.1. The fourth-order valence-corrected chi connectivity index (χ4v) is 4.67. The Bertz CT molecular complexity index is 1420. The van der Waals surface area contributed by atoms with Gasteiger partial charge in [-0.25, -0.2) is 5.43 Å². The quantitative estimate of drug-likeness (QED) is 0.125. The number of carbonyl (C=O) groups is 3. The van der Waals surface area contributed by atoms with E-state index < -0.39 is 11.8 Å². The molecule has 0 aliphatic heterocycles. The summed E-state index contributed by atoms with van der Waals surface area (Å²) in [6.45, 7) is 7.91. The van der Waals surface area contributed by atoms with Crippen LogP contribution >= 0.6 is 22.6 Å². The van der Waals surface area contributed by atoms with Gasteiger partial charge in [-0.1, -0.05) is 29.8 Å². The number of rotatable bonds is 10. The SMILES string of the molecule is CCOc1ccccc1NC(=O)C(=O)N/N=C\c1cc(I)c(OCC(=O)Nc2c(C)cc(C)cc2C)c(OC)c1. The van der Waals surface area contributed by atoms with Crippen molar-refractivity contribution in [2.45, 2.75) is 27.7 Å². The Morgan fingerprint density at radius 3 is 2.30 bits per heavy atom.